The average Bonchev–Trinajstić information content (AvgIpc) is 3.14. The van der Waals surface area contributed by atoms with Gasteiger partial charge in [0.15, 0.2) is 0 Å². The van der Waals surface area contributed by atoms with Crippen molar-refractivity contribution in [1.82, 2.24) is 9.38 Å². The fraction of sp³-hybridized carbons (Fsp3) is 0.0385. The zero-order chi connectivity index (χ0) is 18.7. The predicted octanol–water partition coefficient (Wildman–Crippen LogP) is 6.77. The van der Waals surface area contributed by atoms with Crippen LogP contribution in [-0.4, -0.2) is 9.38 Å². The first-order valence-corrected chi connectivity index (χ1v) is 9.58. The van der Waals surface area contributed by atoms with E-state index in [1.807, 2.05) is 0 Å². The highest BCUT2D eigenvalue weighted by atomic mass is 14.9. The van der Waals surface area contributed by atoms with E-state index in [1.54, 1.807) is 0 Å². The number of nitrogens with zero attached hydrogens (tertiary/aromatic N) is 2. The van der Waals surface area contributed by atoms with Crippen LogP contribution in [0.3, 0.4) is 0 Å². The summed E-state index contributed by atoms with van der Waals surface area (Å²) >= 11 is 0. The summed E-state index contributed by atoms with van der Waals surface area (Å²) in [5, 5.41) is 4.92. The van der Waals surface area contributed by atoms with Crippen LogP contribution in [0.5, 0.6) is 0 Å². The Bertz CT molecular complexity index is 1520. The van der Waals surface area contributed by atoms with E-state index in [-0.39, 0.29) is 0 Å². The van der Waals surface area contributed by atoms with Crippen molar-refractivity contribution in [2.24, 2.45) is 0 Å². The molecular formula is C26H18N2. The Balaban J connectivity index is 1.89. The molecule has 6 rings (SSSR count). The fourth-order valence-electron chi connectivity index (χ4n) is 4.38. The number of aromatic nitrogens is 2. The molecule has 2 nitrogen and oxygen atoms in total. The van der Waals surface area contributed by atoms with Crippen LogP contribution in [0.4, 0.5) is 0 Å². The lowest BCUT2D eigenvalue weighted by molar-refractivity contribution is 1.22. The predicted molar refractivity (Wildman–Crippen MR) is 118 cm³/mol. The van der Waals surface area contributed by atoms with Crippen molar-refractivity contribution >= 4 is 38.1 Å². The highest BCUT2D eigenvalue weighted by Gasteiger charge is 2.16. The zero-order valence-electron chi connectivity index (χ0n) is 15.6. The summed E-state index contributed by atoms with van der Waals surface area (Å²) in [6.07, 6.45) is 2.15. The van der Waals surface area contributed by atoms with E-state index >= 15 is 0 Å². The molecule has 0 unspecified atom stereocenters. The van der Waals surface area contributed by atoms with Gasteiger partial charge in [-0.25, -0.2) is 4.98 Å². The lowest BCUT2D eigenvalue weighted by Crippen LogP contribution is -1.93. The maximum atomic E-state index is 5.15. The number of para-hydroxylation sites is 1. The minimum Gasteiger partial charge on any atom is -0.314 e. The number of benzene rings is 3. The molecule has 0 aliphatic carbocycles. The third-order valence-corrected chi connectivity index (χ3v) is 5.72. The maximum Gasteiger partial charge on any atom is 0.0962 e. The Morgan fingerprint density at radius 3 is 2.43 bits per heavy atom. The molecule has 3 aromatic heterocycles. The van der Waals surface area contributed by atoms with E-state index in [0.717, 1.165) is 11.2 Å². The first-order chi connectivity index (χ1) is 13.8. The number of fused-ring (bicyclic) bond motifs is 6. The van der Waals surface area contributed by atoms with E-state index in [1.165, 1.54) is 43.7 Å². The molecule has 0 bridgehead atoms. The van der Waals surface area contributed by atoms with Crippen LogP contribution >= 0.6 is 0 Å². The molecule has 132 valence electrons. The van der Waals surface area contributed by atoms with E-state index in [2.05, 4.69) is 102 Å². The Kier molecular flexibility index (Phi) is 3.12. The van der Waals surface area contributed by atoms with Crippen molar-refractivity contribution < 1.29 is 0 Å². The summed E-state index contributed by atoms with van der Waals surface area (Å²) in [7, 11) is 0. The first kappa shape index (κ1) is 15.4. The molecule has 0 amide bonds. The average molecular weight is 358 g/mol. The Morgan fingerprint density at radius 1 is 0.714 bits per heavy atom. The van der Waals surface area contributed by atoms with E-state index < -0.39 is 0 Å². The smallest absolute Gasteiger partial charge is 0.0962 e. The topological polar surface area (TPSA) is 17.3 Å². The quantitative estimate of drug-likeness (QED) is 0.317. The van der Waals surface area contributed by atoms with Crippen molar-refractivity contribution in [2.45, 2.75) is 6.92 Å². The molecule has 0 atom stereocenters. The van der Waals surface area contributed by atoms with Crippen LogP contribution in [-0.2, 0) is 0 Å². The number of hydrogen-bond acceptors (Lipinski definition) is 1. The van der Waals surface area contributed by atoms with Gasteiger partial charge in [0.05, 0.1) is 16.7 Å². The normalized spacial score (nSPS) is 11.8. The van der Waals surface area contributed by atoms with Gasteiger partial charge in [-0.2, -0.15) is 0 Å². The second-order valence-electron chi connectivity index (χ2n) is 7.36. The lowest BCUT2D eigenvalue weighted by atomic mass is 9.99. The van der Waals surface area contributed by atoms with E-state index in [0.29, 0.717) is 0 Å². The van der Waals surface area contributed by atoms with Gasteiger partial charge in [-0.15, -0.1) is 0 Å². The van der Waals surface area contributed by atoms with Crippen LogP contribution < -0.4 is 0 Å². The third-order valence-electron chi connectivity index (χ3n) is 5.72. The van der Waals surface area contributed by atoms with Gasteiger partial charge in [0.1, 0.15) is 0 Å². The molecule has 0 aliphatic heterocycles. The fourth-order valence-corrected chi connectivity index (χ4v) is 4.38. The highest BCUT2D eigenvalue weighted by Crippen LogP contribution is 2.37. The standard InChI is InChI=1S/C26H18N2/c1-17-8-7-15-28-24(17)16-22-20-12-4-5-14-23(20)27-25(26(22)28)21-13-6-10-18-9-2-3-11-19(18)21/h2-16H,1H3. The summed E-state index contributed by atoms with van der Waals surface area (Å²) in [5.74, 6) is 0. The number of rotatable bonds is 1. The van der Waals surface area contributed by atoms with Crippen molar-refractivity contribution in [1.29, 1.82) is 0 Å². The summed E-state index contributed by atoms with van der Waals surface area (Å²) in [6, 6.07) is 30.1. The summed E-state index contributed by atoms with van der Waals surface area (Å²) in [5.41, 5.74) is 6.93. The van der Waals surface area contributed by atoms with Gasteiger partial charge >= 0.3 is 0 Å². The van der Waals surface area contributed by atoms with Gasteiger partial charge < -0.3 is 4.40 Å². The second kappa shape index (κ2) is 5.67. The molecule has 0 spiro atoms. The van der Waals surface area contributed by atoms with Crippen LogP contribution in [0.25, 0.3) is 49.4 Å². The summed E-state index contributed by atoms with van der Waals surface area (Å²) in [6.45, 7) is 2.17. The molecular weight excluding hydrogens is 340 g/mol. The SMILES string of the molecule is Cc1cccn2c1cc1c3ccccc3nc(-c3cccc4ccccc34)c12. The first-order valence-electron chi connectivity index (χ1n) is 9.58. The monoisotopic (exact) mass is 358 g/mol. The lowest BCUT2D eigenvalue weighted by Gasteiger charge is -2.11. The van der Waals surface area contributed by atoms with Crippen molar-refractivity contribution in [3.63, 3.8) is 0 Å². The molecule has 0 aliphatic rings. The number of aryl methyl sites for hydroxylation is 1. The molecule has 6 aromatic rings. The molecule has 0 fully saturated rings. The van der Waals surface area contributed by atoms with Crippen LogP contribution in [0.2, 0.25) is 0 Å². The molecule has 0 N–H and O–H groups in total. The number of hydrogen-bond donors (Lipinski definition) is 0. The molecule has 28 heavy (non-hydrogen) atoms. The van der Waals surface area contributed by atoms with Crippen molar-refractivity contribution in [2.75, 3.05) is 0 Å². The molecule has 0 saturated heterocycles. The number of pyridine rings is 2. The van der Waals surface area contributed by atoms with E-state index in [4.69, 9.17) is 4.98 Å². The van der Waals surface area contributed by atoms with Gasteiger partial charge in [-0.1, -0.05) is 66.7 Å². The summed E-state index contributed by atoms with van der Waals surface area (Å²) in [4.78, 5) is 5.15. The van der Waals surface area contributed by atoms with Gasteiger partial charge in [-0.05, 0) is 41.5 Å². The van der Waals surface area contributed by atoms with Gasteiger partial charge in [0, 0.05) is 28.0 Å². The molecule has 3 aromatic carbocycles. The second-order valence-corrected chi connectivity index (χ2v) is 7.36. The Morgan fingerprint density at radius 2 is 1.50 bits per heavy atom. The van der Waals surface area contributed by atoms with Crippen LogP contribution in [0.15, 0.2) is 91.1 Å². The van der Waals surface area contributed by atoms with Gasteiger partial charge in [0.25, 0.3) is 0 Å². The zero-order valence-corrected chi connectivity index (χ0v) is 15.6. The van der Waals surface area contributed by atoms with Gasteiger partial charge in [0.2, 0.25) is 0 Å². The highest BCUT2D eigenvalue weighted by molar-refractivity contribution is 6.14. The minimum absolute atomic E-state index is 1.03. The molecule has 0 saturated carbocycles. The van der Waals surface area contributed by atoms with Gasteiger partial charge in [-0.3, -0.25) is 0 Å². The van der Waals surface area contributed by atoms with Crippen LogP contribution in [0, 0.1) is 6.92 Å². The van der Waals surface area contributed by atoms with Crippen LogP contribution in [0.1, 0.15) is 5.56 Å². The maximum absolute atomic E-state index is 5.15. The molecule has 3 heterocycles. The Labute approximate surface area is 162 Å². The summed E-state index contributed by atoms with van der Waals surface area (Å²) < 4.78 is 2.29. The van der Waals surface area contributed by atoms with Crippen molar-refractivity contribution in [3.8, 4) is 11.3 Å². The minimum atomic E-state index is 1.03. The van der Waals surface area contributed by atoms with Crippen molar-refractivity contribution in [3.05, 3.63) is 96.7 Å². The third kappa shape index (κ3) is 2.06. The Hall–Kier alpha value is -3.65. The molecule has 2 heteroatoms. The largest absolute Gasteiger partial charge is 0.314 e. The van der Waals surface area contributed by atoms with E-state index in [9.17, 15) is 0 Å². The molecule has 0 radical (unpaired) electrons.